The standard InChI is InChI=1S/C66H49N/c1-65(2)58-32-27-44-17-11-12-18-56(44)64(58)57-31-30-55(41-59(57)65)67-62-33-28-53(51-25-23-47-35-45(19-21-49(47)37-51)42-13-7-5-8-14-42)39-60(62)66(3,4)61-40-54(29-34-63(61)67)52-26-24-48-36-46(20-22-50(48)38-52)43-15-9-6-10-16-43/h5-41H,1-4H3. The van der Waals surface area contributed by atoms with E-state index in [4.69, 9.17) is 0 Å². The van der Waals surface area contributed by atoms with E-state index in [-0.39, 0.29) is 10.8 Å². The Labute approximate surface area is 393 Å². The van der Waals surface area contributed by atoms with Crippen molar-refractivity contribution in [1.82, 2.24) is 0 Å². The third-order valence-electron chi connectivity index (χ3n) is 15.2. The van der Waals surface area contributed by atoms with E-state index >= 15 is 0 Å². The molecule has 0 fully saturated rings. The Morgan fingerprint density at radius 3 is 1.22 bits per heavy atom. The van der Waals surface area contributed by atoms with Crippen LogP contribution in [0.25, 0.3) is 88.0 Å². The predicted octanol–water partition coefficient (Wildman–Crippen LogP) is 18.2. The summed E-state index contributed by atoms with van der Waals surface area (Å²) in [6, 6.07) is 84.0. The van der Waals surface area contributed by atoms with Crippen molar-refractivity contribution < 1.29 is 0 Å². The monoisotopic (exact) mass is 855 g/mol. The maximum atomic E-state index is 2.54. The summed E-state index contributed by atoms with van der Waals surface area (Å²) in [5.41, 5.74) is 21.1. The maximum Gasteiger partial charge on any atom is 0.0503 e. The first-order valence-corrected chi connectivity index (χ1v) is 23.6. The molecule has 0 saturated heterocycles. The van der Waals surface area contributed by atoms with Gasteiger partial charge in [0.1, 0.15) is 0 Å². The second-order valence-electron chi connectivity index (χ2n) is 19.8. The smallest absolute Gasteiger partial charge is 0.0503 e. The van der Waals surface area contributed by atoms with Gasteiger partial charge in [0, 0.05) is 16.5 Å². The molecule has 0 spiro atoms. The molecule has 0 radical (unpaired) electrons. The van der Waals surface area contributed by atoms with E-state index in [1.54, 1.807) is 0 Å². The third-order valence-corrected chi connectivity index (χ3v) is 15.2. The fraction of sp³-hybridized carbons (Fsp3) is 0.0909. The minimum absolute atomic E-state index is 0.158. The number of hydrogen-bond acceptors (Lipinski definition) is 1. The lowest BCUT2D eigenvalue weighted by atomic mass is 9.72. The van der Waals surface area contributed by atoms with E-state index in [2.05, 4.69) is 257 Å². The predicted molar refractivity (Wildman–Crippen MR) is 285 cm³/mol. The fourth-order valence-electron chi connectivity index (χ4n) is 11.5. The summed E-state index contributed by atoms with van der Waals surface area (Å²) >= 11 is 0. The van der Waals surface area contributed by atoms with Crippen LogP contribution in [0.3, 0.4) is 0 Å². The summed E-state index contributed by atoms with van der Waals surface area (Å²) in [6.07, 6.45) is 0. The first-order valence-electron chi connectivity index (χ1n) is 23.6. The van der Waals surface area contributed by atoms with Crippen LogP contribution in [0.1, 0.15) is 49.9 Å². The topological polar surface area (TPSA) is 3.24 Å². The molecule has 0 atom stereocenters. The van der Waals surface area contributed by atoms with Gasteiger partial charge in [-0.05, 0) is 171 Å². The summed E-state index contributed by atoms with van der Waals surface area (Å²) in [5.74, 6) is 0. The van der Waals surface area contributed by atoms with Crippen molar-refractivity contribution in [3.8, 4) is 55.6 Å². The molecule has 13 rings (SSSR count). The highest BCUT2D eigenvalue weighted by atomic mass is 15.2. The summed E-state index contributed by atoms with van der Waals surface area (Å²) < 4.78 is 0. The molecular weight excluding hydrogens is 807 g/mol. The van der Waals surface area contributed by atoms with E-state index in [9.17, 15) is 0 Å². The van der Waals surface area contributed by atoms with Crippen LogP contribution in [0, 0.1) is 0 Å². The lowest BCUT2D eigenvalue weighted by Crippen LogP contribution is -2.31. The molecule has 1 aliphatic carbocycles. The molecule has 67 heavy (non-hydrogen) atoms. The number of rotatable bonds is 5. The molecular formula is C66H49N. The van der Waals surface area contributed by atoms with Crippen molar-refractivity contribution >= 4 is 49.4 Å². The Bertz CT molecular complexity index is 3620. The summed E-state index contributed by atoms with van der Waals surface area (Å²) in [7, 11) is 0. The van der Waals surface area contributed by atoms with Gasteiger partial charge in [-0.2, -0.15) is 0 Å². The van der Waals surface area contributed by atoms with Crippen LogP contribution in [0.4, 0.5) is 17.1 Å². The minimum atomic E-state index is -0.304. The van der Waals surface area contributed by atoms with Gasteiger partial charge >= 0.3 is 0 Å². The van der Waals surface area contributed by atoms with Gasteiger partial charge in [-0.1, -0.05) is 191 Å². The first-order chi connectivity index (χ1) is 32.7. The van der Waals surface area contributed by atoms with Crippen molar-refractivity contribution in [2.24, 2.45) is 0 Å². The van der Waals surface area contributed by atoms with Crippen molar-refractivity contribution in [3.63, 3.8) is 0 Å². The van der Waals surface area contributed by atoms with Crippen LogP contribution in [-0.4, -0.2) is 0 Å². The Kier molecular flexibility index (Phi) is 8.67. The van der Waals surface area contributed by atoms with Crippen LogP contribution < -0.4 is 4.90 Å². The van der Waals surface area contributed by atoms with Gasteiger partial charge in [-0.25, -0.2) is 0 Å². The Balaban J connectivity index is 0.953. The Hall–Kier alpha value is -8.00. The number of anilines is 3. The molecule has 0 unspecified atom stereocenters. The SMILES string of the molecule is CC1(C)c2cc(-c3ccc4cc(-c5ccccc5)ccc4c3)ccc2N(c2ccc3c(c2)C(C)(C)c2ccc4ccccc4c2-3)c2ccc(-c3ccc4cc(-c5ccccc5)ccc4c3)cc21. The lowest BCUT2D eigenvalue weighted by molar-refractivity contribution is 0.632. The summed E-state index contributed by atoms with van der Waals surface area (Å²) in [4.78, 5) is 2.54. The summed E-state index contributed by atoms with van der Waals surface area (Å²) in [6.45, 7) is 9.63. The average molecular weight is 856 g/mol. The highest BCUT2D eigenvalue weighted by molar-refractivity contribution is 6.03. The first kappa shape index (κ1) is 39.4. The molecule has 0 aromatic heterocycles. The number of benzene rings is 11. The fourth-order valence-corrected chi connectivity index (χ4v) is 11.5. The molecule has 11 aromatic rings. The van der Waals surface area contributed by atoms with Crippen molar-refractivity contribution in [1.29, 1.82) is 0 Å². The van der Waals surface area contributed by atoms with Crippen LogP contribution in [0.5, 0.6) is 0 Å². The van der Waals surface area contributed by atoms with Gasteiger partial charge < -0.3 is 4.90 Å². The van der Waals surface area contributed by atoms with Gasteiger partial charge in [0.25, 0.3) is 0 Å². The van der Waals surface area contributed by atoms with Crippen molar-refractivity contribution in [3.05, 3.63) is 247 Å². The number of hydrogen-bond donors (Lipinski definition) is 0. The zero-order chi connectivity index (χ0) is 45.0. The largest absolute Gasteiger partial charge is 0.310 e. The highest BCUT2D eigenvalue weighted by Crippen LogP contribution is 2.57. The lowest BCUT2D eigenvalue weighted by Gasteiger charge is -2.43. The maximum absolute atomic E-state index is 2.54. The van der Waals surface area contributed by atoms with Crippen LogP contribution in [-0.2, 0) is 10.8 Å². The molecule has 1 aliphatic heterocycles. The average Bonchev–Trinajstić information content (AvgIpc) is 3.61. The number of fused-ring (bicyclic) bond motifs is 9. The Morgan fingerprint density at radius 2 is 0.701 bits per heavy atom. The molecule has 1 heterocycles. The van der Waals surface area contributed by atoms with Gasteiger partial charge in [-0.3, -0.25) is 0 Å². The molecule has 318 valence electrons. The number of nitrogens with zero attached hydrogens (tertiary/aromatic N) is 1. The van der Waals surface area contributed by atoms with Gasteiger partial charge in [-0.15, -0.1) is 0 Å². The quantitative estimate of drug-likeness (QED) is 0.167. The van der Waals surface area contributed by atoms with E-state index in [1.807, 2.05) is 0 Å². The molecule has 2 aliphatic rings. The van der Waals surface area contributed by atoms with E-state index in [0.717, 1.165) is 0 Å². The molecule has 0 bridgehead atoms. The minimum Gasteiger partial charge on any atom is -0.310 e. The highest BCUT2D eigenvalue weighted by Gasteiger charge is 2.40. The van der Waals surface area contributed by atoms with E-state index < -0.39 is 0 Å². The van der Waals surface area contributed by atoms with E-state index in [0.29, 0.717) is 0 Å². The van der Waals surface area contributed by atoms with Crippen LogP contribution in [0.2, 0.25) is 0 Å². The molecule has 0 N–H and O–H groups in total. The van der Waals surface area contributed by atoms with Gasteiger partial charge in [0.05, 0.1) is 11.4 Å². The molecule has 11 aromatic carbocycles. The van der Waals surface area contributed by atoms with Crippen molar-refractivity contribution in [2.75, 3.05) is 4.90 Å². The molecule has 0 saturated carbocycles. The van der Waals surface area contributed by atoms with E-state index in [1.165, 1.54) is 127 Å². The second kappa shape index (κ2) is 14.8. The van der Waals surface area contributed by atoms with Crippen LogP contribution in [0.15, 0.2) is 224 Å². The van der Waals surface area contributed by atoms with Crippen molar-refractivity contribution in [2.45, 2.75) is 38.5 Å². The molecule has 0 amide bonds. The van der Waals surface area contributed by atoms with Gasteiger partial charge in [0.2, 0.25) is 0 Å². The molecule has 1 heteroatoms. The second-order valence-corrected chi connectivity index (χ2v) is 19.8. The van der Waals surface area contributed by atoms with Crippen LogP contribution >= 0.6 is 0 Å². The van der Waals surface area contributed by atoms with Gasteiger partial charge in [0.15, 0.2) is 0 Å². The Morgan fingerprint density at radius 1 is 0.284 bits per heavy atom. The third kappa shape index (κ3) is 6.22. The molecule has 1 nitrogen and oxygen atoms in total. The zero-order valence-electron chi connectivity index (χ0n) is 38.3. The zero-order valence-corrected chi connectivity index (χ0v) is 38.3. The normalized spacial score (nSPS) is 14.2. The summed E-state index contributed by atoms with van der Waals surface area (Å²) in [5, 5.41) is 7.59.